The van der Waals surface area contributed by atoms with Crippen molar-refractivity contribution < 1.29 is 0 Å². The van der Waals surface area contributed by atoms with Crippen LogP contribution in [0.4, 0.5) is 0 Å². The summed E-state index contributed by atoms with van der Waals surface area (Å²) >= 11 is 3.68. The molecule has 0 saturated heterocycles. The normalized spacial score (nSPS) is 26.1. The van der Waals surface area contributed by atoms with Gasteiger partial charge < -0.3 is 0 Å². The number of aryl methyl sites for hydroxylation is 1. The molecule has 1 heteroatoms. The molecule has 1 saturated carbocycles. The fraction of sp³-hybridized carbons (Fsp3) is 0.500. The monoisotopic (exact) mass is 236 g/mol. The van der Waals surface area contributed by atoms with Crippen molar-refractivity contribution in [1.82, 2.24) is 0 Å². The minimum Gasteiger partial charge on any atom is -0.0609 e. The van der Waals surface area contributed by atoms with E-state index in [-0.39, 0.29) is 0 Å². The van der Waals surface area contributed by atoms with Crippen LogP contribution in [-0.4, -0.2) is 0 Å². The third-order valence-corrected chi connectivity index (χ3v) is 4.12. The fourth-order valence-corrected chi connectivity index (χ4v) is 3.34. The average Bonchev–Trinajstić information content (AvgIpc) is 2.87. The Morgan fingerprint density at radius 1 is 1.15 bits per heavy atom. The van der Waals surface area contributed by atoms with Gasteiger partial charge in [0.1, 0.15) is 0 Å². The molecule has 1 aromatic carbocycles. The molecular formula is C12H13Br. The van der Waals surface area contributed by atoms with E-state index >= 15 is 0 Å². The first-order chi connectivity index (χ1) is 6.36. The Morgan fingerprint density at radius 3 is 2.77 bits per heavy atom. The van der Waals surface area contributed by atoms with Crippen LogP contribution in [0.1, 0.15) is 36.3 Å². The molecule has 0 N–H and O–H groups in total. The van der Waals surface area contributed by atoms with Crippen molar-refractivity contribution >= 4 is 15.9 Å². The lowest BCUT2D eigenvalue weighted by Crippen LogP contribution is -1.96. The van der Waals surface area contributed by atoms with Crippen molar-refractivity contribution in [2.75, 3.05) is 0 Å². The number of benzene rings is 1. The Kier molecular flexibility index (Phi) is 1.76. The molecule has 0 spiro atoms. The highest BCUT2D eigenvalue weighted by Gasteiger charge is 2.37. The molecule has 2 aliphatic rings. The molecule has 0 bridgehead atoms. The molecule has 0 nitrogen and oxygen atoms in total. The third-order valence-electron chi connectivity index (χ3n) is 3.43. The molecule has 3 rings (SSSR count). The summed E-state index contributed by atoms with van der Waals surface area (Å²) in [5.41, 5.74) is 3.22. The lowest BCUT2D eigenvalue weighted by atomic mass is 9.96. The molecule has 0 radical (unpaired) electrons. The van der Waals surface area contributed by atoms with Gasteiger partial charge in [0, 0.05) is 4.47 Å². The van der Waals surface area contributed by atoms with Crippen LogP contribution in [0, 0.1) is 5.92 Å². The van der Waals surface area contributed by atoms with Crippen molar-refractivity contribution in [1.29, 1.82) is 0 Å². The topological polar surface area (TPSA) is 0 Å². The second kappa shape index (κ2) is 2.84. The number of rotatable bonds is 1. The van der Waals surface area contributed by atoms with Gasteiger partial charge in [-0.25, -0.2) is 0 Å². The maximum absolute atomic E-state index is 3.68. The van der Waals surface area contributed by atoms with E-state index in [4.69, 9.17) is 0 Å². The molecule has 0 heterocycles. The summed E-state index contributed by atoms with van der Waals surface area (Å²) in [6.45, 7) is 0. The molecule has 0 aromatic heterocycles. The lowest BCUT2D eigenvalue weighted by Gasteiger charge is -2.11. The summed E-state index contributed by atoms with van der Waals surface area (Å²) in [6, 6.07) is 6.65. The molecular weight excluding hydrogens is 224 g/mol. The van der Waals surface area contributed by atoms with Crippen LogP contribution in [-0.2, 0) is 6.42 Å². The Balaban J connectivity index is 2.07. The van der Waals surface area contributed by atoms with E-state index in [9.17, 15) is 0 Å². The zero-order valence-corrected chi connectivity index (χ0v) is 9.18. The van der Waals surface area contributed by atoms with Gasteiger partial charge in [0.15, 0.2) is 0 Å². The molecule has 1 atom stereocenters. The molecule has 2 aliphatic carbocycles. The lowest BCUT2D eigenvalue weighted by molar-refractivity contribution is 0.599. The van der Waals surface area contributed by atoms with Crippen LogP contribution in [0.2, 0.25) is 0 Å². The van der Waals surface area contributed by atoms with E-state index in [1.807, 2.05) is 0 Å². The number of halogens is 1. The van der Waals surface area contributed by atoms with E-state index in [1.54, 1.807) is 11.1 Å². The first kappa shape index (κ1) is 8.05. The molecule has 1 aromatic rings. The van der Waals surface area contributed by atoms with Gasteiger partial charge in [-0.1, -0.05) is 28.1 Å². The van der Waals surface area contributed by atoms with E-state index in [0.717, 1.165) is 11.8 Å². The van der Waals surface area contributed by atoms with Crippen molar-refractivity contribution in [2.24, 2.45) is 5.92 Å². The second-order valence-electron chi connectivity index (χ2n) is 4.30. The van der Waals surface area contributed by atoms with Gasteiger partial charge in [0.25, 0.3) is 0 Å². The van der Waals surface area contributed by atoms with Crippen LogP contribution in [0.25, 0.3) is 0 Å². The van der Waals surface area contributed by atoms with Crippen molar-refractivity contribution in [3.8, 4) is 0 Å². The van der Waals surface area contributed by atoms with Gasteiger partial charge in [-0.3, -0.25) is 0 Å². The van der Waals surface area contributed by atoms with Gasteiger partial charge in [0.2, 0.25) is 0 Å². The Morgan fingerprint density at radius 2 is 2.00 bits per heavy atom. The van der Waals surface area contributed by atoms with E-state index in [1.165, 1.54) is 30.2 Å². The predicted molar refractivity (Wildman–Crippen MR) is 57.9 cm³/mol. The maximum atomic E-state index is 3.68. The summed E-state index contributed by atoms with van der Waals surface area (Å²) in [5.74, 6) is 1.89. The average molecular weight is 237 g/mol. The molecule has 0 aliphatic heterocycles. The van der Waals surface area contributed by atoms with Crippen LogP contribution in [0.3, 0.4) is 0 Å². The zero-order chi connectivity index (χ0) is 8.84. The summed E-state index contributed by atoms with van der Waals surface area (Å²) in [5, 5.41) is 0. The molecule has 1 unspecified atom stereocenters. The maximum Gasteiger partial charge on any atom is 0.0212 e. The smallest absolute Gasteiger partial charge is 0.0212 e. The summed E-state index contributed by atoms with van der Waals surface area (Å²) in [6.07, 6.45) is 5.62. The molecule has 1 fully saturated rings. The first-order valence-electron chi connectivity index (χ1n) is 5.13. The van der Waals surface area contributed by atoms with E-state index < -0.39 is 0 Å². The van der Waals surface area contributed by atoms with Gasteiger partial charge in [-0.15, -0.1) is 0 Å². The number of hydrogen-bond acceptors (Lipinski definition) is 0. The van der Waals surface area contributed by atoms with Crippen LogP contribution in [0.5, 0.6) is 0 Å². The zero-order valence-electron chi connectivity index (χ0n) is 7.59. The van der Waals surface area contributed by atoms with Crippen LogP contribution in [0.15, 0.2) is 22.7 Å². The van der Waals surface area contributed by atoms with Crippen LogP contribution < -0.4 is 0 Å². The first-order valence-corrected chi connectivity index (χ1v) is 5.93. The quantitative estimate of drug-likeness (QED) is 0.695. The number of hydrogen-bond donors (Lipinski definition) is 0. The second-order valence-corrected chi connectivity index (χ2v) is 5.15. The van der Waals surface area contributed by atoms with Crippen LogP contribution >= 0.6 is 15.9 Å². The summed E-state index contributed by atoms with van der Waals surface area (Å²) in [7, 11) is 0. The summed E-state index contributed by atoms with van der Waals surface area (Å²) < 4.78 is 1.35. The van der Waals surface area contributed by atoms with Gasteiger partial charge in [-0.05, 0) is 54.7 Å². The predicted octanol–water partition coefficient (Wildman–Crippen LogP) is 3.89. The van der Waals surface area contributed by atoms with Gasteiger partial charge in [-0.2, -0.15) is 0 Å². The molecule has 13 heavy (non-hydrogen) atoms. The Labute approximate surface area is 87.5 Å². The standard InChI is InChI=1S/C12H13Br/c13-11-3-1-2-9-6-7-10(12(9)11)8-4-5-8/h1-3,8,10H,4-7H2. The fourth-order valence-electron chi connectivity index (χ4n) is 2.64. The van der Waals surface area contributed by atoms with E-state index in [0.29, 0.717) is 0 Å². The Bertz CT molecular complexity index is 339. The minimum atomic E-state index is 0.880. The largest absolute Gasteiger partial charge is 0.0609 e. The Hall–Kier alpha value is -0.300. The van der Waals surface area contributed by atoms with E-state index in [2.05, 4.69) is 34.1 Å². The molecule has 68 valence electrons. The van der Waals surface area contributed by atoms with Gasteiger partial charge in [0.05, 0.1) is 0 Å². The van der Waals surface area contributed by atoms with Gasteiger partial charge >= 0.3 is 0 Å². The highest BCUT2D eigenvalue weighted by atomic mass is 79.9. The van der Waals surface area contributed by atoms with Crippen molar-refractivity contribution in [3.63, 3.8) is 0 Å². The van der Waals surface area contributed by atoms with Crippen molar-refractivity contribution in [3.05, 3.63) is 33.8 Å². The highest BCUT2D eigenvalue weighted by Crippen LogP contribution is 2.51. The third kappa shape index (κ3) is 1.25. The minimum absolute atomic E-state index is 0.880. The SMILES string of the molecule is Brc1cccc2c1C(C1CC1)CC2. The number of fused-ring (bicyclic) bond motifs is 1. The highest BCUT2D eigenvalue weighted by molar-refractivity contribution is 9.10. The summed E-state index contributed by atoms with van der Waals surface area (Å²) in [4.78, 5) is 0. The molecule has 0 amide bonds. The van der Waals surface area contributed by atoms with Crippen molar-refractivity contribution in [2.45, 2.75) is 31.6 Å².